The molecule has 0 saturated carbocycles. The molecule has 0 saturated heterocycles. The minimum atomic E-state index is -0.355. The zero-order valence-electron chi connectivity index (χ0n) is 11.8. The average Bonchev–Trinajstić information content (AvgIpc) is 2.46. The Kier molecular flexibility index (Phi) is 5.16. The first kappa shape index (κ1) is 15.0. The number of hydrogen-bond acceptors (Lipinski definition) is 1. The van der Waals surface area contributed by atoms with Crippen molar-refractivity contribution in [2.75, 3.05) is 7.05 Å². The molecule has 0 aliphatic heterocycles. The molecule has 1 unspecified atom stereocenters. The van der Waals surface area contributed by atoms with Crippen molar-refractivity contribution < 1.29 is 4.39 Å². The number of aryl methyl sites for hydroxylation is 1. The Morgan fingerprint density at radius 3 is 2.45 bits per heavy atom. The molecule has 0 aliphatic rings. The lowest BCUT2D eigenvalue weighted by molar-refractivity contribution is 0.576. The van der Waals surface area contributed by atoms with Gasteiger partial charge in [0.15, 0.2) is 0 Å². The van der Waals surface area contributed by atoms with Gasteiger partial charge in [0, 0.05) is 5.56 Å². The maximum atomic E-state index is 14.2. The summed E-state index contributed by atoms with van der Waals surface area (Å²) in [7, 11) is 1.82. The molecule has 106 valence electrons. The van der Waals surface area contributed by atoms with E-state index in [1.54, 1.807) is 18.2 Å². The van der Waals surface area contributed by atoms with Crippen LogP contribution in [0.25, 0.3) is 0 Å². The van der Waals surface area contributed by atoms with Gasteiger partial charge in [-0.2, -0.15) is 0 Å². The molecule has 0 bridgehead atoms. The smallest absolute Gasteiger partial charge is 0.146 e. The van der Waals surface area contributed by atoms with Gasteiger partial charge in [0.2, 0.25) is 0 Å². The van der Waals surface area contributed by atoms with Crippen LogP contribution in [-0.4, -0.2) is 7.05 Å². The van der Waals surface area contributed by atoms with Gasteiger partial charge in [-0.1, -0.05) is 61.3 Å². The standard InChI is InChI=1S/C17H19ClFN/c1-3-5-12-8-10-13(11-9-12)17(20-2)14-6-4-7-15(18)16(14)19/h4,6-11,17,20H,3,5H2,1-2H3. The molecule has 1 atom stereocenters. The van der Waals surface area contributed by atoms with Crippen LogP contribution in [0.1, 0.15) is 36.1 Å². The molecular weight excluding hydrogens is 273 g/mol. The summed E-state index contributed by atoms with van der Waals surface area (Å²) < 4.78 is 14.2. The van der Waals surface area contributed by atoms with Crippen molar-refractivity contribution in [1.82, 2.24) is 5.32 Å². The molecule has 1 N–H and O–H groups in total. The quantitative estimate of drug-likeness (QED) is 0.839. The van der Waals surface area contributed by atoms with E-state index in [2.05, 4.69) is 24.4 Å². The van der Waals surface area contributed by atoms with E-state index in [0.717, 1.165) is 18.4 Å². The molecule has 0 radical (unpaired) electrons. The maximum Gasteiger partial charge on any atom is 0.146 e. The monoisotopic (exact) mass is 291 g/mol. The van der Waals surface area contributed by atoms with Crippen molar-refractivity contribution in [2.45, 2.75) is 25.8 Å². The first-order chi connectivity index (χ1) is 9.67. The van der Waals surface area contributed by atoms with Gasteiger partial charge in [-0.15, -0.1) is 0 Å². The van der Waals surface area contributed by atoms with Crippen LogP contribution in [0.4, 0.5) is 4.39 Å². The molecule has 0 heterocycles. The van der Waals surface area contributed by atoms with E-state index in [0.29, 0.717) is 5.56 Å². The summed E-state index contributed by atoms with van der Waals surface area (Å²) in [5, 5.41) is 3.31. The van der Waals surface area contributed by atoms with E-state index in [1.807, 2.05) is 19.2 Å². The number of hydrogen-bond donors (Lipinski definition) is 1. The van der Waals surface area contributed by atoms with E-state index >= 15 is 0 Å². The summed E-state index contributed by atoms with van der Waals surface area (Å²) >= 11 is 5.87. The lowest BCUT2D eigenvalue weighted by Gasteiger charge is -2.18. The molecule has 0 spiro atoms. The molecule has 1 nitrogen and oxygen atoms in total. The summed E-state index contributed by atoms with van der Waals surface area (Å²) in [6, 6.07) is 13.2. The number of nitrogens with one attached hydrogen (secondary N) is 1. The molecule has 3 heteroatoms. The Hall–Kier alpha value is -1.38. The van der Waals surface area contributed by atoms with Crippen molar-refractivity contribution in [3.8, 4) is 0 Å². The van der Waals surface area contributed by atoms with Gasteiger partial charge in [0.25, 0.3) is 0 Å². The fourth-order valence-electron chi connectivity index (χ4n) is 2.41. The van der Waals surface area contributed by atoms with Crippen LogP contribution in [0.15, 0.2) is 42.5 Å². The Labute approximate surface area is 124 Å². The van der Waals surface area contributed by atoms with Crippen molar-refractivity contribution >= 4 is 11.6 Å². The third kappa shape index (κ3) is 3.20. The SMILES string of the molecule is CCCc1ccc(C(NC)c2cccc(Cl)c2F)cc1. The van der Waals surface area contributed by atoms with Crippen LogP contribution in [0.3, 0.4) is 0 Å². The molecule has 2 rings (SSSR count). The van der Waals surface area contributed by atoms with E-state index in [9.17, 15) is 4.39 Å². The van der Waals surface area contributed by atoms with Crippen LogP contribution < -0.4 is 5.32 Å². The van der Waals surface area contributed by atoms with Crippen LogP contribution in [-0.2, 0) is 6.42 Å². The first-order valence-corrected chi connectivity index (χ1v) is 7.25. The van der Waals surface area contributed by atoms with Crippen LogP contribution in [0.5, 0.6) is 0 Å². The molecular formula is C17H19ClFN. The minimum absolute atomic E-state index is 0.158. The second-order valence-electron chi connectivity index (χ2n) is 4.86. The molecule has 0 aromatic heterocycles. The second-order valence-corrected chi connectivity index (χ2v) is 5.26. The molecule has 0 amide bonds. The summed E-state index contributed by atoms with van der Waals surface area (Å²) in [4.78, 5) is 0. The summed E-state index contributed by atoms with van der Waals surface area (Å²) in [5.41, 5.74) is 2.91. The topological polar surface area (TPSA) is 12.0 Å². The predicted molar refractivity (Wildman–Crippen MR) is 82.7 cm³/mol. The lowest BCUT2D eigenvalue weighted by atomic mass is 9.96. The third-order valence-corrected chi connectivity index (χ3v) is 3.72. The highest BCUT2D eigenvalue weighted by Gasteiger charge is 2.17. The largest absolute Gasteiger partial charge is 0.309 e. The van der Waals surface area contributed by atoms with Crippen molar-refractivity contribution in [3.63, 3.8) is 0 Å². The molecule has 0 aliphatic carbocycles. The molecule has 0 fully saturated rings. The van der Waals surface area contributed by atoms with E-state index in [1.165, 1.54) is 5.56 Å². The average molecular weight is 292 g/mol. The first-order valence-electron chi connectivity index (χ1n) is 6.87. The predicted octanol–water partition coefficient (Wildman–Crippen LogP) is 4.74. The van der Waals surface area contributed by atoms with Gasteiger partial charge < -0.3 is 5.32 Å². The highest BCUT2D eigenvalue weighted by molar-refractivity contribution is 6.30. The van der Waals surface area contributed by atoms with E-state index in [-0.39, 0.29) is 16.9 Å². The minimum Gasteiger partial charge on any atom is -0.309 e. The van der Waals surface area contributed by atoms with Crippen LogP contribution in [0.2, 0.25) is 5.02 Å². The fraction of sp³-hybridized carbons (Fsp3) is 0.294. The fourth-order valence-corrected chi connectivity index (χ4v) is 2.59. The zero-order valence-corrected chi connectivity index (χ0v) is 12.5. The highest BCUT2D eigenvalue weighted by Crippen LogP contribution is 2.28. The molecule has 2 aromatic rings. The second kappa shape index (κ2) is 6.87. The number of benzene rings is 2. The molecule has 20 heavy (non-hydrogen) atoms. The van der Waals surface area contributed by atoms with E-state index in [4.69, 9.17) is 11.6 Å². The Bertz CT molecular complexity index is 566. The summed E-state index contributed by atoms with van der Waals surface area (Å²) in [5.74, 6) is -0.355. The van der Waals surface area contributed by atoms with Crippen molar-refractivity contribution in [1.29, 1.82) is 0 Å². The van der Waals surface area contributed by atoms with Gasteiger partial charge in [0.1, 0.15) is 5.82 Å². The summed E-state index contributed by atoms with van der Waals surface area (Å²) in [6.07, 6.45) is 2.19. The third-order valence-electron chi connectivity index (χ3n) is 3.43. The molecule has 2 aromatic carbocycles. The van der Waals surface area contributed by atoms with Crippen molar-refractivity contribution in [3.05, 3.63) is 70.0 Å². The lowest BCUT2D eigenvalue weighted by Crippen LogP contribution is -2.19. The highest BCUT2D eigenvalue weighted by atomic mass is 35.5. The zero-order chi connectivity index (χ0) is 14.5. The van der Waals surface area contributed by atoms with Gasteiger partial charge in [-0.3, -0.25) is 0 Å². The Balaban J connectivity index is 2.34. The summed E-state index contributed by atoms with van der Waals surface area (Å²) in [6.45, 7) is 2.16. The van der Waals surface area contributed by atoms with Crippen LogP contribution in [0, 0.1) is 5.82 Å². The van der Waals surface area contributed by atoms with Gasteiger partial charge in [-0.25, -0.2) is 4.39 Å². The van der Waals surface area contributed by atoms with Gasteiger partial charge >= 0.3 is 0 Å². The van der Waals surface area contributed by atoms with Crippen LogP contribution >= 0.6 is 11.6 Å². The van der Waals surface area contributed by atoms with Gasteiger partial charge in [-0.05, 0) is 30.7 Å². The van der Waals surface area contributed by atoms with E-state index < -0.39 is 0 Å². The number of halogens is 2. The Morgan fingerprint density at radius 2 is 1.85 bits per heavy atom. The van der Waals surface area contributed by atoms with Crippen molar-refractivity contribution in [2.24, 2.45) is 0 Å². The number of rotatable bonds is 5. The maximum absolute atomic E-state index is 14.2. The normalized spacial score (nSPS) is 12.4. The Morgan fingerprint density at radius 1 is 1.15 bits per heavy atom. The van der Waals surface area contributed by atoms with Gasteiger partial charge in [0.05, 0.1) is 11.1 Å².